The van der Waals surface area contributed by atoms with Gasteiger partial charge in [-0.1, -0.05) is 12.2 Å². The van der Waals surface area contributed by atoms with E-state index in [9.17, 15) is 0 Å². The minimum Gasteiger partial charge on any atom is -0.322 e. The zero-order valence-corrected chi connectivity index (χ0v) is 10.5. The van der Waals surface area contributed by atoms with Crippen LogP contribution >= 0.6 is 11.3 Å². The lowest BCUT2D eigenvalue weighted by molar-refractivity contribution is 0.351. The molecule has 0 aliphatic carbocycles. The molecule has 1 aromatic rings. The second-order valence-electron chi connectivity index (χ2n) is 4.10. The molecule has 0 radical (unpaired) electrons. The Morgan fingerprint density at radius 2 is 2.40 bits per heavy atom. The smallest absolute Gasteiger partial charge is 0.109 e. The van der Waals surface area contributed by atoms with Crippen molar-refractivity contribution in [3.63, 3.8) is 0 Å². The third-order valence-electron chi connectivity index (χ3n) is 1.93. The molecule has 3 nitrogen and oxygen atoms in total. The van der Waals surface area contributed by atoms with Crippen LogP contribution in [0.4, 0.5) is 0 Å². The summed E-state index contributed by atoms with van der Waals surface area (Å²) in [6, 6.07) is 0.0372. The van der Waals surface area contributed by atoms with Gasteiger partial charge in [-0.15, -0.1) is 11.3 Å². The summed E-state index contributed by atoms with van der Waals surface area (Å²) in [6.07, 6.45) is 0. The zero-order valence-electron chi connectivity index (χ0n) is 9.66. The number of hydrogen-bond acceptors (Lipinski definition) is 4. The van der Waals surface area contributed by atoms with Crippen LogP contribution in [0.5, 0.6) is 0 Å². The largest absolute Gasteiger partial charge is 0.322 e. The van der Waals surface area contributed by atoms with Gasteiger partial charge in [-0.3, -0.25) is 4.90 Å². The fraction of sp³-hybridized carbons (Fsp3) is 0.545. The van der Waals surface area contributed by atoms with E-state index in [1.165, 1.54) is 5.57 Å². The van der Waals surface area contributed by atoms with Gasteiger partial charge in [0, 0.05) is 18.5 Å². The number of hydrogen-bond donors (Lipinski definition) is 1. The summed E-state index contributed by atoms with van der Waals surface area (Å²) >= 11 is 1.63. The molecule has 0 aliphatic rings. The van der Waals surface area contributed by atoms with Crippen LogP contribution in [0.25, 0.3) is 0 Å². The number of nitrogens with two attached hydrogens (primary N) is 1. The second kappa shape index (κ2) is 5.39. The summed E-state index contributed by atoms with van der Waals surface area (Å²) in [6.45, 7) is 9.65. The van der Waals surface area contributed by atoms with Crippen LogP contribution in [0, 0.1) is 0 Å². The van der Waals surface area contributed by atoms with E-state index in [-0.39, 0.29) is 6.04 Å². The maximum absolute atomic E-state index is 5.76. The number of nitrogens with zero attached hydrogens (tertiary/aromatic N) is 2. The molecule has 0 spiro atoms. The Kier molecular flexibility index (Phi) is 4.45. The number of thiazole rings is 1. The molecular weight excluding hydrogens is 206 g/mol. The molecule has 0 bridgehead atoms. The lowest BCUT2D eigenvalue weighted by Crippen LogP contribution is -2.19. The SMILES string of the molecule is C=C(C)CN(C)Cc1csc(C(C)N)n1. The number of likely N-dealkylation sites (N-methyl/N-ethyl adjacent to an activating group) is 1. The molecule has 0 fully saturated rings. The van der Waals surface area contributed by atoms with E-state index >= 15 is 0 Å². The quantitative estimate of drug-likeness (QED) is 0.781. The second-order valence-corrected chi connectivity index (χ2v) is 4.98. The minimum atomic E-state index is 0.0372. The maximum Gasteiger partial charge on any atom is 0.109 e. The molecule has 1 rings (SSSR count). The molecule has 15 heavy (non-hydrogen) atoms. The zero-order chi connectivity index (χ0) is 11.4. The summed E-state index contributed by atoms with van der Waals surface area (Å²) < 4.78 is 0. The molecule has 84 valence electrons. The minimum absolute atomic E-state index is 0.0372. The molecule has 2 N–H and O–H groups in total. The van der Waals surface area contributed by atoms with Crippen molar-refractivity contribution in [2.75, 3.05) is 13.6 Å². The van der Waals surface area contributed by atoms with Gasteiger partial charge >= 0.3 is 0 Å². The first-order valence-electron chi connectivity index (χ1n) is 5.02. The molecule has 0 amide bonds. The average molecular weight is 225 g/mol. The Labute approximate surface area is 95.6 Å². The van der Waals surface area contributed by atoms with Crippen molar-refractivity contribution in [1.29, 1.82) is 0 Å². The Balaban J connectivity index is 2.53. The standard InChI is InChI=1S/C11H19N3S/c1-8(2)5-14(4)6-10-7-15-11(13-10)9(3)12/h7,9H,1,5-6,12H2,2-4H3. The first-order chi connectivity index (χ1) is 6.99. The molecule has 1 atom stereocenters. The van der Waals surface area contributed by atoms with Crippen molar-refractivity contribution in [3.8, 4) is 0 Å². The van der Waals surface area contributed by atoms with Crippen molar-refractivity contribution in [2.24, 2.45) is 5.73 Å². The van der Waals surface area contributed by atoms with Crippen molar-refractivity contribution >= 4 is 11.3 Å². The van der Waals surface area contributed by atoms with E-state index in [0.717, 1.165) is 23.8 Å². The van der Waals surface area contributed by atoms with Gasteiger partial charge in [-0.25, -0.2) is 4.98 Å². The maximum atomic E-state index is 5.76. The summed E-state index contributed by atoms with van der Waals surface area (Å²) in [5, 5.41) is 3.09. The van der Waals surface area contributed by atoms with E-state index in [4.69, 9.17) is 5.73 Å². The van der Waals surface area contributed by atoms with Gasteiger partial charge in [0.15, 0.2) is 0 Å². The van der Waals surface area contributed by atoms with Crippen molar-refractivity contribution in [2.45, 2.75) is 26.4 Å². The molecule has 0 aromatic carbocycles. The predicted octanol–water partition coefficient (Wildman–Crippen LogP) is 2.17. The topological polar surface area (TPSA) is 42.1 Å². The van der Waals surface area contributed by atoms with Crippen LogP contribution in [0.15, 0.2) is 17.5 Å². The Bertz CT molecular complexity index is 330. The van der Waals surface area contributed by atoms with Gasteiger partial charge in [-0.2, -0.15) is 0 Å². The van der Waals surface area contributed by atoms with E-state index < -0.39 is 0 Å². The van der Waals surface area contributed by atoms with Crippen molar-refractivity contribution < 1.29 is 0 Å². The van der Waals surface area contributed by atoms with Crippen LogP contribution in [-0.2, 0) is 6.54 Å². The van der Waals surface area contributed by atoms with Gasteiger partial charge in [0.2, 0.25) is 0 Å². The first kappa shape index (κ1) is 12.4. The highest BCUT2D eigenvalue weighted by Gasteiger charge is 2.07. The third kappa shape index (κ3) is 4.11. The summed E-state index contributed by atoms with van der Waals surface area (Å²) in [5.74, 6) is 0. The average Bonchev–Trinajstić information content (AvgIpc) is 2.50. The van der Waals surface area contributed by atoms with Crippen LogP contribution < -0.4 is 5.73 Å². The Morgan fingerprint density at radius 1 is 1.73 bits per heavy atom. The van der Waals surface area contributed by atoms with E-state index in [2.05, 4.69) is 28.9 Å². The molecule has 4 heteroatoms. The molecule has 0 aliphatic heterocycles. The predicted molar refractivity (Wildman–Crippen MR) is 65.9 cm³/mol. The van der Waals surface area contributed by atoms with Crippen molar-refractivity contribution in [3.05, 3.63) is 28.2 Å². The van der Waals surface area contributed by atoms with Gasteiger partial charge in [0.05, 0.1) is 11.7 Å². The summed E-state index contributed by atoms with van der Waals surface area (Å²) in [7, 11) is 2.07. The Morgan fingerprint density at radius 3 is 2.87 bits per heavy atom. The molecular formula is C11H19N3S. The van der Waals surface area contributed by atoms with E-state index in [1.807, 2.05) is 13.8 Å². The Hall–Kier alpha value is -0.710. The normalized spacial score (nSPS) is 13.1. The summed E-state index contributed by atoms with van der Waals surface area (Å²) in [4.78, 5) is 6.68. The van der Waals surface area contributed by atoms with Crippen LogP contribution in [0.1, 0.15) is 30.6 Å². The highest BCUT2D eigenvalue weighted by molar-refractivity contribution is 7.09. The molecule has 0 saturated heterocycles. The lowest BCUT2D eigenvalue weighted by Gasteiger charge is -2.14. The fourth-order valence-corrected chi connectivity index (χ4v) is 2.17. The monoisotopic (exact) mass is 225 g/mol. The highest BCUT2D eigenvalue weighted by Crippen LogP contribution is 2.16. The first-order valence-corrected chi connectivity index (χ1v) is 5.90. The van der Waals surface area contributed by atoms with Crippen LogP contribution in [0.2, 0.25) is 0 Å². The summed E-state index contributed by atoms with van der Waals surface area (Å²) in [5.41, 5.74) is 8.02. The number of aromatic nitrogens is 1. The van der Waals surface area contributed by atoms with Gasteiger partial charge in [0.1, 0.15) is 5.01 Å². The molecule has 1 heterocycles. The van der Waals surface area contributed by atoms with Gasteiger partial charge in [-0.05, 0) is 20.9 Å². The van der Waals surface area contributed by atoms with Gasteiger partial charge < -0.3 is 5.73 Å². The van der Waals surface area contributed by atoms with Gasteiger partial charge in [0.25, 0.3) is 0 Å². The van der Waals surface area contributed by atoms with E-state index in [1.54, 1.807) is 11.3 Å². The lowest BCUT2D eigenvalue weighted by atomic mass is 10.3. The van der Waals surface area contributed by atoms with Crippen LogP contribution in [-0.4, -0.2) is 23.5 Å². The molecule has 0 saturated carbocycles. The molecule has 1 aromatic heterocycles. The highest BCUT2D eigenvalue weighted by atomic mass is 32.1. The fourth-order valence-electron chi connectivity index (χ4n) is 1.40. The molecule has 1 unspecified atom stereocenters. The number of rotatable bonds is 5. The third-order valence-corrected chi connectivity index (χ3v) is 3.03. The van der Waals surface area contributed by atoms with Crippen LogP contribution in [0.3, 0.4) is 0 Å². The van der Waals surface area contributed by atoms with E-state index in [0.29, 0.717) is 0 Å². The van der Waals surface area contributed by atoms with Crippen molar-refractivity contribution in [1.82, 2.24) is 9.88 Å².